The molecule has 1 aromatic carbocycles. The fourth-order valence-corrected chi connectivity index (χ4v) is 2.92. The third-order valence-electron chi connectivity index (χ3n) is 3.43. The second-order valence-electron chi connectivity index (χ2n) is 5.10. The molecule has 0 aliphatic carbocycles. The van der Waals surface area contributed by atoms with Gasteiger partial charge < -0.3 is 10.2 Å². The molecule has 5 heteroatoms. The largest absolute Gasteiger partial charge is 0.329 e. The Morgan fingerprint density at radius 2 is 1.96 bits per heavy atom. The van der Waals surface area contributed by atoms with E-state index in [1.807, 2.05) is 71.9 Å². The van der Waals surface area contributed by atoms with Gasteiger partial charge in [0.1, 0.15) is 5.82 Å². The average Bonchev–Trinajstić information content (AvgIpc) is 3.08. The Labute approximate surface area is 139 Å². The van der Waals surface area contributed by atoms with E-state index in [1.54, 1.807) is 17.5 Å². The first-order valence-electron chi connectivity index (χ1n) is 7.29. The van der Waals surface area contributed by atoms with E-state index in [0.29, 0.717) is 12.1 Å². The molecule has 0 aliphatic heterocycles. The van der Waals surface area contributed by atoms with E-state index >= 15 is 0 Å². The zero-order valence-electron chi connectivity index (χ0n) is 12.8. The number of hydrogen-bond donors (Lipinski definition) is 1. The molecule has 0 unspecified atom stereocenters. The molecule has 0 atom stereocenters. The summed E-state index contributed by atoms with van der Waals surface area (Å²) in [6.07, 6.45) is 2.07. The average molecular weight is 323 g/mol. The van der Waals surface area contributed by atoms with Crippen molar-refractivity contribution in [3.63, 3.8) is 0 Å². The highest BCUT2D eigenvalue weighted by molar-refractivity contribution is 7.10. The molecule has 0 saturated carbocycles. The first kappa shape index (κ1) is 15.2. The molecule has 116 valence electrons. The fraction of sp³-hybridized carbons (Fsp3) is 0.111. The quantitative estimate of drug-likeness (QED) is 0.769. The number of amides is 1. The number of carbonyl (C=O) groups excluding carboxylic acids is 1. The van der Waals surface area contributed by atoms with Gasteiger partial charge in [-0.3, -0.25) is 4.79 Å². The van der Waals surface area contributed by atoms with E-state index in [0.717, 1.165) is 16.4 Å². The molecule has 3 aromatic rings. The van der Waals surface area contributed by atoms with Gasteiger partial charge >= 0.3 is 0 Å². The van der Waals surface area contributed by atoms with Crippen LogP contribution in [-0.4, -0.2) is 17.9 Å². The van der Waals surface area contributed by atoms with Gasteiger partial charge in [0.05, 0.1) is 18.3 Å². The minimum absolute atomic E-state index is 0.0292. The van der Waals surface area contributed by atoms with Crippen molar-refractivity contribution in [3.8, 4) is 0 Å². The van der Waals surface area contributed by atoms with E-state index in [1.165, 1.54) is 0 Å². The van der Waals surface area contributed by atoms with Crippen LogP contribution in [0.1, 0.15) is 4.88 Å². The van der Waals surface area contributed by atoms with Crippen molar-refractivity contribution in [3.05, 3.63) is 71.1 Å². The summed E-state index contributed by atoms with van der Waals surface area (Å²) < 4.78 is 0. The molecule has 0 fully saturated rings. The molecule has 0 saturated heterocycles. The molecule has 2 heterocycles. The molecule has 2 aromatic heterocycles. The lowest BCUT2D eigenvalue weighted by molar-refractivity contribution is -0.115. The predicted molar refractivity (Wildman–Crippen MR) is 95.4 cm³/mol. The van der Waals surface area contributed by atoms with Crippen LogP contribution in [0.25, 0.3) is 0 Å². The van der Waals surface area contributed by atoms with Crippen molar-refractivity contribution >= 4 is 34.4 Å². The summed E-state index contributed by atoms with van der Waals surface area (Å²) in [4.78, 5) is 19.4. The zero-order valence-corrected chi connectivity index (χ0v) is 13.6. The lowest BCUT2D eigenvalue weighted by Crippen LogP contribution is -2.15. The van der Waals surface area contributed by atoms with Crippen LogP contribution >= 0.6 is 11.3 Å². The number of pyridine rings is 1. The van der Waals surface area contributed by atoms with E-state index in [-0.39, 0.29) is 5.91 Å². The van der Waals surface area contributed by atoms with Crippen LogP contribution < -0.4 is 10.2 Å². The van der Waals surface area contributed by atoms with Crippen molar-refractivity contribution in [2.24, 2.45) is 0 Å². The first-order chi connectivity index (χ1) is 11.2. The lowest BCUT2D eigenvalue weighted by atomic mass is 10.3. The maximum absolute atomic E-state index is 12.0. The fourth-order valence-electron chi connectivity index (χ4n) is 2.22. The highest BCUT2D eigenvalue weighted by atomic mass is 32.1. The monoisotopic (exact) mass is 323 g/mol. The first-order valence-corrected chi connectivity index (χ1v) is 8.17. The summed E-state index contributed by atoms with van der Waals surface area (Å²) in [6, 6.07) is 17.7. The van der Waals surface area contributed by atoms with Crippen LogP contribution in [0.3, 0.4) is 0 Å². The smallest absolute Gasteiger partial charge is 0.229 e. The molecule has 1 N–H and O–H groups in total. The Kier molecular flexibility index (Phi) is 4.68. The standard InChI is InChI=1S/C18H17N3OS/c1-21(15-6-3-2-4-7-15)17-10-9-14(13-19-17)20-18(22)12-16-8-5-11-23-16/h2-11,13H,12H2,1H3,(H,20,22). The number of rotatable bonds is 5. The molecule has 1 amide bonds. The molecule has 0 bridgehead atoms. The van der Waals surface area contributed by atoms with Gasteiger partial charge in [-0.25, -0.2) is 4.98 Å². The summed E-state index contributed by atoms with van der Waals surface area (Å²) in [6.45, 7) is 0. The molecule has 0 aliphatic rings. The minimum atomic E-state index is -0.0292. The third-order valence-corrected chi connectivity index (χ3v) is 4.31. The van der Waals surface area contributed by atoms with Crippen LogP contribution in [0, 0.1) is 0 Å². The van der Waals surface area contributed by atoms with Crippen LogP contribution in [0.4, 0.5) is 17.2 Å². The number of hydrogen-bond acceptors (Lipinski definition) is 4. The number of nitrogens with zero attached hydrogens (tertiary/aromatic N) is 2. The van der Waals surface area contributed by atoms with Gasteiger partial charge in [0.15, 0.2) is 0 Å². The number of thiophene rings is 1. The van der Waals surface area contributed by atoms with E-state index in [9.17, 15) is 4.79 Å². The topological polar surface area (TPSA) is 45.2 Å². The molecule has 23 heavy (non-hydrogen) atoms. The molecule has 0 spiro atoms. The van der Waals surface area contributed by atoms with Gasteiger partial charge in [-0.1, -0.05) is 24.3 Å². The number of aromatic nitrogens is 1. The van der Waals surface area contributed by atoms with Crippen molar-refractivity contribution in [2.75, 3.05) is 17.3 Å². The highest BCUT2D eigenvalue weighted by Crippen LogP contribution is 2.22. The van der Waals surface area contributed by atoms with E-state index < -0.39 is 0 Å². The third kappa shape index (κ3) is 3.96. The number of para-hydroxylation sites is 1. The number of benzene rings is 1. The van der Waals surface area contributed by atoms with Gasteiger partial charge in [0.25, 0.3) is 0 Å². The van der Waals surface area contributed by atoms with Gasteiger partial charge in [-0.2, -0.15) is 0 Å². The summed E-state index contributed by atoms with van der Waals surface area (Å²) in [5.41, 5.74) is 1.77. The number of anilines is 3. The van der Waals surface area contributed by atoms with Crippen LogP contribution in [-0.2, 0) is 11.2 Å². The van der Waals surface area contributed by atoms with Gasteiger partial charge in [-0.05, 0) is 35.7 Å². The number of carbonyl (C=O) groups is 1. The second kappa shape index (κ2) is 7.07. The maximum Gasteiger partial charge on any atom is 0.229 e. The van der Waals surface area contributed by atoms with Crippen molar-refractivity contribution in [1.82, 2.24) is 4.98 Å². The summed E-state index contributed by atoms with van der Waals surface area (Å²) in [5, 5.41) is 4.84. The molecular formula is C18H17N3OS. The number of nitrogens with one attached hydrogen (secondary N) is 1. The molecule has 4 nitrogen and oxygen atoms in total. The summed E-state index contributed by atoms with van der Waals surface area (Å²) in [5.74, 6) is 0.797. The SMILES string of the molecule is CN(c1ccccc1)c1ccc(NC(=O)Cc2cccs2)cn1. The normalized spacial score (nSPS) is 10.3. The van der Waals surface area contributed by atoms with E-state index in [4.69, 9.17) is 0 Å². The van der Waals surface area contributed by atoms with Crippen LogP contribution in [0.5, 0.6) is 0 Å². The Hall–Kier alpha value is -2.66. The summed E-state index contributed by atoms with van der Waals surface area (Å²) >= 11 is 1.58. The zero-order chi connectivity index (χ0) is 16.1. The lowest BCUT2D eigenvalue weighted by Gasteiger charge is -2.18. The molecular weight excluding hydrogens is 306 g/mol. The van der Waals surface area contributed by atoms with E-state index in [2.05, 4.69) is 10.3 Å². The minimum Gasteiger partial charge on any atom is -0.329 e. The summed E-state index contributed by atoms with van der Waals surface area (Å²) in [7, 11) is 1.96. The maximum atomic E-state index is 12.0. The predicted octanol–water partition coefficient (Wildman–Crippen LogP) is 4.09. The van der Waals surface area contributed by atoms with Crippen molar-refractivity contribution < 1.29 is 4.79 Å². The Morgan fingerprint density at radius 3 is 2.61 bits per heavy atom. The highest BCUT2D eigenvalue weighted by Gasteiger charge is 2.07. The van der Waals surface area contributed by atoms with Crippen LogP contribution in [0.15, 0.2) is 66.2 Å². The van der Waals surface area contributed by atoms with Crippen molar-refractivity contribution in [2.45, 2.75) is 6.42 Å². The molecule has 3 rings (SSSR count). The Morgan fingerprint density at radius 1 is 1.13 bits per heavy atom. The molecule has 0 radical (unpaired) electrons. The van der Waals surface area contributed by atoms with Gasteiger partial charge in [-0.15, -0.1) is 11.3 Å². The Balaban J connectivity index is 1.64. The van der Waals surface area contributed by atoms with Gasteiger partial charge in [0.2, 0.25) is 5.91 Å². The van der Waals surface area contributed by atoms with Crippen LogP contribution in [0.2, 0.25) is 0 Å². The Bertz CT molecular complexity index is 755. The second-order valence-corrected chi connectivity index (χ2v) is 6.14. The van der Waals surface area contributed by atoms with Crippen molar-refractivity contribution in [1.29, 1.82) is 0 Å². The van der Waals surface area contributed by atoms with Gasteiger partial charge in [0, 0.05) is 17.6 Å².